The highest BCUT2D eigenvalue weighted by Crippen LogP contribution is 2.38. The fraction of sp³-hybridized carbons (Fsp3) is 0.174. The minimum absolute atomic E-state index is 0.0230. The van der Waals surface area contributed by atoms with Crippen molar-refractivity contribution in [3.63, 3.8) is 0 Å². The van der Waals surface area contributed by atoms with Crippen molar-refractivity contribution in [2.75, 3.05) is 0 Å². The lowest BCUT2D eigenvalue weighted by molar-refractivity contribution is -0.137. The maximum Gasteiger partial charge on any atom is 0.417 e. The second kappa shape index (κ2) is 9.61. The number of hydrogen-bond donors (Lipinski definition) is 0. The molecule has 0 unspecified atom stereocenters. The minimum atomic E-state index is -4.78. The number of ether oxygens (including phenoxy) is 2. The molecule has 2 aromatic heterocycles. The van der Waals surface area contributed by atoms with E-state index in [0.717, 1.165) is 24.3 Å². The van der Waals surface area contributed by atoms with E-state index in [0.29, 0.717) is 17.3 Å². The summed E-state index contributed by atoms with van der Waals surface area (Å²) >= 11 is 5.55. The van der Waals surface area contributed by atoms with E-state index in [9.17, 15) is 26.7 Å². The number of aromatic nitrogens is 4. The Balaban J connectivity index is 1.54. The molecule has 36 heavy (non-hydrogen) atoms. The summed E-state index contributed by atoms with van der Waals surface area (Å²) in [5, 5.41) is 3.46. The molecule has 4 aromatic rings. The van der Waals surface area contributed by atoms with Gasteiger partial charge in [-0.2, -0.15) is 23.3 Å². The lowest BCUT2D eigenvalue weighted by Crippen LogP contribution is -2.22. The van der Waals surface area contributed by atoms with E-state index in [4.69, 9.17) is 21.1 Å². The van der Waals surface area contributed by atoms with Crippen LogP contribution in [0.4, 0.5) is 22.0 Å². The third kappa shape index (κ3) is 5.33. The molecular formula is C23H16ClF5N4O3. The zero-order valence-electron chi connectivity index (χ0n) is 18.6. The highest BCUT2D eigenvalue weighted by atomic mass is 35.5. The van der Waals surface area contributed by atoms with Gasteiger partial charge in [0, 0.05) is 31.9 Å². The van der Waals surface area contributed by atoms with Crippen molar-refractivity contribution >= 4 is 11.6 Å². The third-order valence-corrected chi connectivity index (χ3v) is 5.35. The zero-order valence-corrected chi connectivity index (χ0v) is 19.4. The van der Waals surface area contributed by atoms with Crippen LogP contribution in [0.1, 0.15) is 11.1 Å². The lowest BCUT2D eigenvalue weighted by Gasteiger charge is -2.14. The van der Waals surface area contributed by atoms with E-state index < -0.39 is 45.6 Å². The van der Waals surface area contributed by atoms with E-state index in [1.54, 1.807) is 24.1 Å². The molecule has 13 heteroatoms. The fourth-order valence-electron chi connectivity index (χ4n) is 3.28. The van der Waals surface area contributed by atoms with Crippen LogP contribution in [0.3, 0.4) is 0 Å². The van der Waals surface area contributed by atoms with Gasteiger partial charge < -0.3 is 9.47 Å². The topological polar surface area (TPSA) is 71.2 Å². The van der Waals surface area contributed by atoms with Crippen molar-refractivity contribution in [3.8, 4) is 28.6 Å². The van der Waals surface area contributed by atoms with E-state index in [-0.39, 0.29) is 18.1 Å². The minimum Gasteiger partial charge on any atom is -0.473 e. The standard InChI is InChI=1S/C23H16ClF5N4O3/c1-32-10-13(9-30-32)19-8-20(31-22(34)33(19)2)35-11-12-5-17(25)21(18(26)6-12)36-14-3-4-16(24)15(7-14)23(27,28)29/h3-10H,11H2,1-2H3. The number of aryl methyl sites for hydroxylation is 1. The van der Waals surface area contributed by atoms with Gasteiger partial charge in [0.25, 0.3) is 0 Å². The summed E-state index contributed by atoms with van der Waals surface area (Å²) in [7, 11) is 3.22. The van der Waals surface area contributed by atoms with Gasteiger partial charge in [0.2, 0.25) is 5.88 Å². The molecule has 0 fully saturated rings. The summed E-state index contributed by atoms with van der Waals surface area (Å²) in [6.45, 7) is -0.361. The van der Waals surface area contributed by atoms with Crippen LogP contribution in [-0.2, 0) is 26.9 Å². The monoisotopic (exact) mass is 526 g/mol. The third-order valence-electron chi connectivity index (χ3n) is 5.02. The molecule has 0 aliphatic heterocycles. The summed E-state index contributed by atoms with van der Waals surface area (Å²) in [6, 6.07) is 5.76. The molecule has 0 amide bonds. The van der Waals surface area contributed by atoms with E-state index in [1.807, 2.05) is 0 Å². The fourth-order valence-corrected chi connectivity index (χ4v) is 3.50. The predicted octanol–water partition coefficient (Wildman–Crippen LogP) is 5.50. The first kappa shape index (κ1) is 25.2. The van der Waals surface area contributed by atoms with Crippen molar-refractivity contribution in [2.24, 2.45) is 14.1 Å². The zero-order chi connectivity index (χ0) is 26.2. The molecule has 0 saturated carbocycles. The van der Waals surface area contributed by atoms with Crippen LogP contribution >= 0.6 is 11.6 Å². The Labute approximate surface area is 205 Å². The van der Waals surface area contributed by atoms with Crippen molar-refractivity contribution in [3.05, 3.63) is 87.1 Å². The number of halogens is 6. The quantitative estimate of drug-likeness (QED) is 0.310. The van der Waals surface area contributed by atoms with Crippen LogP contribution < -0.4 is 15.2 Å². The predicted molar refractivity (Wildman–Crippen MR) is 119 cm³/mol. The highest BCUT2D eigenvalue weighted by molar-refractivity contribution is 6.31. The van der Waals surface area contributed by atoms with Crippen molar-refractivity contribution in [1.82, 2.24) is 19.3 Å². The number of hydrogen-bond acceptors (Lipinski definition) is 5. The molecule has 2 heterocycles. The Kier molecular flexibility index (Phi) is 6.72. The van der Waals surface area contributed by atoms with Crippen molar-refractivity contribution in [2.45, 2.75) is 12.8 Å². The van der Waals surface area contributed by atoms with Crippen LogP contribution in [0.2, 0.25) is 5.02 Å². The smallest absolute Gasteiger partial charge is 0.417 e. The molecular weight excluding hydrogens is 511 g/mol. The van der Waals surface area contributed by atoms with Gasteiger partial charge in [0.1, 0.15) is 12.4 Å². The number of nitrogens with zero attached hydrogens (tertiary/aromatic N) is 4. The summed E-state index contributed by atoms with van der Waals surface area (Å²) in [5.41, 5.74) is -0.720. The molecule has 7 nitrogen and oxygen atoms in total. The van der Waals surface area contributed by atoms with Gasteiger partial charge in [0.15, 0.2) is 17.4 Å². The normalized spacial score (nSPS) is 11.6. The van der Waals surface area contributed by atoms with E-state index in [1.165, 1.54) is 17.7 Å². The average Bonchev–Trinajstić information content (AvgIpc) is 3.23. The Morgan fingerprint density at radius 3 is 2.36 bits per heavy atom. The first-order valence-corrected chi connectivity index (χ1v) is 10.5. The van der Waals surface area contributed by atoms with Crippen LogP contribution in [-0.4, -0.2) is 19.3 Å². The second-order valence-electron chi connectivity index (χ2n) is 7.64. The van der Waals surface area contributed by atoms with Gasteiger partial charge >= 0.3 is 11.9 Å². The molecule has 0 aliphatic rings. The average molecular weight is 527 g/mol. The summed E-state index contributed by atoms with van der Waals surface area (Å²) in [6.07, 6.45) is -1.56. The van der Waals surface area contributed by atoms with Gasteiger partial charge in [-0.05, 0) is 35.9 Å². The van der Waals surface area contributed by atoms with Crippen molar-refractivity contribution < 1.29 is 31.4 Å². The SMILES string of the molecule is Cn1cc(-c2cc(OCc3cc(F)c(Oc4ccc(Cl)c(C(F)(F)F)c4)c(F)c3)nc(=O)n2C)cn1. The molecule has 0 atom stereocenters. The van der Waals surface area contributed by atoms with Gasteiger partial charge in [-0.15, -0.1) is 0 Å². The number of alkyl halides is 3. The van der Waals surface area contributed by atoms with Gasteiger partial charge in [-0.1, -0.05) is 11.6 Å². The van der Waals surface area contributed by atoms with Crippen LogP contribution in [0.15, 0.2) is 53.6 Å². The van der Waals surface area contributed by atoms with Crippen LogP contribution in [0.5, 0.6) is 17.4 Å². The van der Waals surface area contributed by atoms with E-state index >= 15 is 0 Å². The summed E-state index contributed by atoms with van der Waals surface area (Å²) in [5.74, 6) is -3.80. The first-order chi connectivity index (χ1) is 16.9. The van der Waals surface area contributed by atoms with Gasteiger partial charge in [-0.25, -0.2) is 13.6 Å². The van der Waals surface area contributed by atoms with Crippen LogP contribution in [0.25, 0.3) is 11.3 Å². The molecule has 0 spiro atoms. The molecule has 0 N–H and O–H groups in total. The Morgan fingerprint density at radius 1 is 1.06 bits per heavy atom. The van der Waals surface area contributed by atoms with Crippen molar-refractivity contribution in [1.29, 1.82) is 0 Å². The van der Waals surface area contributed by atoms with E-state index in [2.05, 4.69) is 10.1 Å². The summed E-state index contributed by atoms with van der Waals surface area (Å²) < 4.78 is 81.6. The second-order valence-corrected chi connectivity index (χ2v) is 8.05. The highest BCUT2D eigenvalue weighted by Gasteiger charge is 2.33. The Morgan fingerprint density at radius 2 is 1.75 bits per heavy atom. The summed E-state index contributed by atoms with van der Waals surface area (Å²) in [4.78, 5) is 16.0. The molecule has 188 valence electrons. The van der Waals surface area contributed by atoms with Crippen LogP contribution in [0, 0.1) is 11.6 Å². The van der Waals surface area contributed by atoms with Gasteiger partial charge in [-0.3, -0.25) is 9.25 Å². The molecule has 0 aliphatic carbocycles. The first-order valence-electron chi connectivity index (χ1n) is 10.1. The molecule has 0 radical (unpaired) electrons. The molecule has 4 rings (SSSR count). The molecule has 0 bridgehead atoms. The number of benzene rings is 2. The lowest BCUT2D eigenvalue weighted by atomic mass is 10.2. The largest absolute Gasteiger partial charge is 0.473 e. The maximum absolute atomic E-state index is 14.6. The Bertz CT molecular complexity index is 1480. The maximum atomic E-state index is 14.6. The number of rotatable bonds is 6. The van der Waals surface area contributed by atoms with Gasteiger partial charge in [0.05, 0.1) is 22.5 Å². The molecule has 2 aromatic carbocycles. The molecule has 0 saturated heterocycles. The Hall–Kier alpha value is -3.93.